The molecular weight excluding hydrogens is 224 g/mol. The van der Waals surface area contributed by atoms with E-state index in [0.29, 0.717) is 12.6 Å². The van der Waals surface area contributed by atoms with Crippen molar-refractivity contribution in [3.8, 4) is 5.88 Å². The number of piperidine rings is 1. The lowest BCUT2D eigenvalue weighted by atomic mass is 10.1. The first-order chi connectivity index (χ1) is 8.92. The first-order valence-corrected chi connectivity index (χ1v) is 6.64. The van der Waals surface area contributed by atoms with Crippen molar-refractivity contribution >= 4 is 10.9 Å². The number of hydrogen-bond acceptors (Lipinski definition) is 3. The Bertz CT molecular complexity index is 521. The average molecular weight is 242 g/mol. The van der Waals surface area contributed by atoms with Crippen LogP contribution in [0.1, 0.15) is 19.3 Å². The van der Waals surface area contributed by atoms with Crippen LogP contribution in [-0.2, 0) is 0 Å². The first-order valence-electron chi connectivity index (χ1n) is 6.64. The predicted octanol–water partition coefficient (Wildman–Crippen LogP) is 2.76. The normalized spacial score (nSPS) is 19.9. The van der Waals surface area contributed by atoms with E-state index in [1.54, 1.807) is 0 Å². The summed E-state index contributed by atoms with van der Waals surface area (Å²) >= 11 is 0. The van der Waals surface area contributed by atoms with Gasteiger partial charge < -0.3 is 10.1 Å². The van der Waals surface area contributed by atoms with Crippen molar-refractivity contribution in [1.29, 1.82) is 0 Å². The quantitative estimate of drug-likeness (QED) is 0.898. The van der Waals surface area contributed by atoms with Gasteiger partial charge in [-0.25, -0.2) is 4.98 Å². The molecule has 0 saturated carbocycles. The van der Waals surface area contributed by atoms with Gasteiger partial charge in [-0.1, -0.05) is 24.6 Å². The second-order valence-electron chi connectivity index (χ2n) is 4.80. The molecule has 0 bridgehead atoms. The molecule has 1 saturated heterocycles. The monoisotopic (exact) mass is 242 g/mol. The van der Waals surface area contributed by atoms with Crippen molar-refractivity contribution in [3.63, 3.8) is 0 Å². The van der Waals surface area contributed by atoms with Crippen LogP contribution < -0.4 is 10.1 Å². The molecule has 1 unspecified atom stereocenters. The van der Waals surface area contributed by atoms with Crippen LogP contribution in [0.5, 0.6) is 5.88 Å². The number of nitrogens with zero attached hydrogens (tertiary/aromatic N) is 1. The van der Waals surface area contributed by atoms with E-state index in [9.17, 15) is 0 Å². The van der Waals surface area contributed by atoms with Gasteiger partial charge in [0, 0.05) is 17.5 Å². The lowest BCUT2D eigenvalue weighted by molar-refractivity contribution is 0.232. The summed E-state index contributed by atoms with van der Waals surface area (Å²) in [6, 6.07) is 12.6. The topological polar surface area (TPSA) is 34.1 Å². The maximum absolute atomic E-state index is 5.78. The molecular formula is C15H18N2O. The van der Waals surface area contributed by atoms with Crippen molar-refractivity contribution in [2.75, 3.05) is 13.2 Å². The Morgan fingerprint density at radius 2 is 2.11 bits per heavy atom. The molecule has 3 heteroatoms. The Kier molecular flexibility index (Phi) is 3.42. The predicted molar refractivity (Wildman–Crippen MR) is 72.9 cm³/mol. The molecule has 1 N–H and O–H groups in total. The van der Waals surface area contributed by atoms with Crippen LogP contribution in [-0.4, -0.2) is 24.2 Å². The third-order valence-corrected chi connectivity index (χ3v) is 3.42. The zero-order chi connectivity index (χ0) is 12.2. The maximum atomic E-state index is 5.78. The average Bonchev–Trinajstić information content (AvgIpc) is 2.46. The fourth-order valence-electron chi connectivity index (χ4n) is 2.38. The molecule has 1 aliphatic heterocycles. The molecule has 0 aliphatic carbocycles. The van der Waals surface area contributed by atoms with Crippen molar-refractivity contribution in [3.05, 3.63) is 36.4 Å². The summed E-state index contributed by atoms with van der Waals surface area (Å²) in [5, 5.41) is 4.63. The van der Waals surface area contributed by atoms with Gasteiger partial charge in [-0.2, -0.15) is 0 Å². The van der Waals surface area contributed by atoms with Crippen molar-refractivity contribution < 1.29 is 4.74 Å². The molecule has 1 aromatic heterocycles. The van der Waals surface area contributed by atoms with E-state index in [0.717, 1.165) is 23.3 Å². The van der Waals surface area contributed by atoms with Gasteiger partial charge in [0.2, 0.25) is 5.88 Å². The first kappa shape index (κ1) is 11.5. The van der Waals surface area contributed by atoms with Gasteiger partial charge in [0.25, 0.3) is 0 Å². The number of para-hydroxylation sites is 1. The van der Waals surface area contributed by atoms with Crippen molar-refractivity contribution in [1.82, 2.24) is 10.3 Å². The summed E-state index contributed by atoms with van der Waals surface area (Å²) in [5.74, 6) is 0.723. The van der Waals surface area contributed by atoms with Crippen LogP contribution in [0.3, 0.4) is 0 Å². The molecule has 0 spiro atoms. The van der Waals surface area contributed by atoms with E-state index < -0.39 is 0 Å². The molecule has 1 atom stereocenters. The lowest BCUT2D eigenvalue weighted by Gasteiger charge is -2.23. The summed E-state index contributed by atoms with van der Waals surface area (Å²) < 4.78 is 5.78. The number of rotatable bonds is 3. The fourth-order valence-corrected chi connectivity index (χ4v) is 2.38. The van der Waals surface area contributed by atoms with E-state index in [2.05, 4.69) is 22.4 Å². The summed E-state index contributed by atoms with van der Waals surface area (Å²) in [5.41, 5.74) is 0.992. The molecule has 1 aliphatic rings. The largest absolute Gasteiger partial charge is 0.476 e. The molecule has 0 radical (unpaired) electrons. The third kappa shape index (κ3) is 2.62. The standard InChI is InChI=1S/C15H18N2O/c1-2-7-14-12(5-1)8-9-15(17-14)18-11-13-6-3-4-10-16-13/h1-2,5,7-9,13,16H,3-4,6,10-11H2. The lowest BCUT2D eigenvalue weighted by Crippen LogP contribution is -2.38. The minimum Gasteiger partial charge on any atom is -0.476 e. The minimum absolute atomic E-state index is 0.479. The molecule has 3 nitrogen and oxygen atoms in total. The number of pyridine rings is 1. The van der Waals surface area contributed by atoms with Gasteiger partial charge in [0.05, 0.1) is 5.52 Å². The zero-order valence-corrected chi connectivity index (χ0v) is 10.4. The molecule has 1 aromatic carbocycles. The highest BCUT2D eigenvalue weighted by Crippen LogP contribution is 2.16. The number of ether oxygens (including phenoxy) is 1. The Morgan fingerprint density at radius 3 is 3.00 bits per heavy atom. The van der Waals surface area contributed by atoms with Crippen LogP contribution in [0, 0.1) is 0 Å². The van der Waals surface area contributed by atoms with Crippen LogP contribution in [0.4, 0.5) is 0 Å². The molecule has 2 aromatic rings. The Hall–Kier alpha value is -1.61. The highest BCUT2D eigenvalue weighted by atomic mass is 16.5. The molecule has 94 valence electrons. The Balaban J connectivity index is 1.66. The molecule has 1 fully saturated rings. The van der Waals surface area contributed by atoms with E-state index in [4.69, 9.17) is 4.74 Å². The molecule has 3 rings (SSSR count). The maximum Gasteiger partial charge on any atom is 0.213 e. The fraction of sp³-hybridized carbons (Fsp3) is 0.400. The molecule has 0 amide bonds. The third-order valence-electron chi connectivity index (χ3n) is 3.42. The van der Waals surface area contributed by atoms with Gasteiger partial charge in [-0.15, -0.1) is 0 Å². The van der Waals surface area contributed by atoms with Gasteiger partial charge in [0.1, 0.15) is 6.61 Å². The second kappa shape index (κ2) is 5.36. The smallest absolute Gasteiger partial charge is 0.213 e. The van der Waals surface area contributed by atoms with Gasteiger partial charge in [0.15, 0.2) is 0 Å². The SMILES string of the molecule is c1ccc2nc(OCC3CCCCN3)ccc2c1. The highest BCUT2D eigenvalue weighted by Gasteiger charge is 2.13. The second-order valence-corrected chi connectivity index (χ2v) is 4.80. The van der Waals surface area contributed by atoms with E-state index in [-0.39, 0.29) is 0 Å². The Morgan fingerprint density at radius 1 is 1.17 bits per heavy atom. The van der Waals surface area contributed by atoms with Crippen LogP contribution in [0.15, 0.2) is 36.4 Å². The van der Waals surface area contributed by atoms with Gasteiger partial charge in [-0.3, -0.25) is 0 Å². The number of fused-ring (bicyclic) bond motifs is 1. The summed E-state index contributed by atoms with van der Waals surface area (Å²) in [6.07, 6.45) is 3.78. The number of hydrogen-bond donors (Lipinski definition) is 1. The number of aromatic nitrogens is 1. The van der Waals surface area contributed by atoms with Crippen LogP contribution in [0.25, 0.3) is 10.9 Å². The van der Waals surface area contributed by atoms with Crippen LogP contribution in [0.2, 0.25) is 0 Å². The summed E-state index contributed by atoms with van der Waals surface area (Å²) in [4.78, 5) is 4.51. The number of nitrogens with one attached hydrogen (secondary N) is 1. The van der Waals surface area contributed by atoms with Crippen molar-refractivity contribution in [2.45, 2.75) is 25.3 Å². The zero-order valence-electron chi connectivity index (χ0n) is 10.4. The van der Waals surface area contributed by atoms with Gasteiger partial charge >= 0.3 is 0 Å². The summed E-state index contributed by atoms with van der Waals surface area (Å²) in [6.45, 7) is 1.82. The van der Waals surface area contributed by atoms with Gasteiger partial charge in [-0.05, 0) is 31.5 Å². The number of benzene rings is 1. The molecule has 18 heavy (non-hydrogen) atoms. The summed E-state index contributed by atoms with van der Waals surface area (Å²) in [7, 11) is 0. The van der Waals surface area contributed by atoms with Crippen LogP contribution >= 0.6 is 0 Å². The van der Waals surface area contributed by atoms with Crippen molar-refractivity contribution in [2.24, 2.45) is 0 Å². The molecule has 2 heterocycles. The Labute approximate surface area is 107 Å². The van der Waals surface area contributed by atoms with E-state index in [1.165, 1.54) is 19.3 Å². The van der Waals surface area contributed by atoms with E-state index in [1.807, 2.05) is 24.3 Å². The minimum atomic E-state index is 0.479. The highest BCUT2D eigenvalue weighted by molar-refractivity contribution is 5.78. The van der Waals surface area contributed by atoms with E-state index >= 15 is 0 Å².